The van der Waals surface area contributed by atoms with Crippen LogP contribution in [0.15, 0.2) is 73.1 Å². The van der Waals surface area contributed by atoms with Crippen LogP contribution in [0.1, 0.15) is 26.3 Å². The van der Waals surface area contributed by atoms with Crippen molar-refractivity contribution in [2.24, 2.45) is 0 Å². The molecule has 0 aliphatic rings. The molecule has 0 unspecified atom stereocenters. The Bertz CT molecular complexity index is 1210. The Morgan fingerprint density at radius 3 is 2.50 bits per heavy atom. The summed E-state index contributed by atoms with van der Waals surface area (Å²) in [4.78, 5) is 31.1. The summed E-state index contributed by atoms with van der Waals surface area (Å²) in [6, 6.07) is 18.7. The van der Waals surface area contributed by atoms with Crippen LogP contribution in [-0.4, -0.2) is 45.6 Å². The molecule has 0 saturated heterocycles. The Hall–Kier alpha value is -4.00. The molecule has 0 aliphatic carbocycles. The molecule has 7 heteroatoms. The van der Waals surface area contributed by atoms with Gasteiger partial charge >= 0.3 is 0 Å². The standard InChI is InChI=1S/C23H21N5O2/c1-27(2)23(30)19-10-6-7-11-20(19)26-22(29)18-12-17-14-25-28(21(17)24-13-18)15-16-8-4-3-5-9-16/h3-14H,15H2,1-2H3,(H,26,29). The number of fused-ring (bicyclic) bond motifs is 1. The van der Waals surface area contributed by atoms with Crippen LogP contribution in [0.3, 0.4) is 0 Å². The molecule has 150 valence electrons. The van der Waals surface area contributed by atoms with Crippen LogP contribution in [0.5, 0.6) is 0 Å². The number of carbonyl (C=O) groups is 2. The molecule has 0 bridgehead atoms. The van der Waals surface area contributed by atoms with Crippen molar-refractivity contribution in [1.29, 1.82) is 0 Å². The highest BCUT2D eigenvalue weighted by molar-refractivity contribution is 6.09. The van der Waals surface area contributed by atoms with E-state index in [0.717, 1.165) is 10.9 Å². The first-order chi connectivity index (χ1) is 14.5. The number of amides is 2. The maximum Gasteiger partial charge on any atom is 0.257 e. The predicted molar refractivity (Wildman–Crippen MR) is 115 cm³/mol. The van der Waals surface area contributed by atoms with Gasteiger partial charge in [0.1, 0.15) is 0 Å². The van der Waals surface area contributed by atoms with Crippen LogP contribution in [0.25, 0.3) is 11.0 Å². The van der Waals surface area contributed by atoms with E-state index in [1.807, 2.05) is 30.3 Å². The maximum absolute atomic E-state index is 12.8. The molecule has 2 heterocycles. The average Bonchev–Trinajstić information content (AvgIpc) is 3.16. The number of para-hydroxylation sites is 1. The highest BCUT2D eigenvalue weighted by Crippen LogP contribution is 2.19. The van der Waals surface area contributed by atoms with Gasteiger partial charge in [0.05, 0.1) is 29.6 Å². The van der Waals surface area contributed by atoms with Gasteiger partial charge in [-0.3, -0.25) is 9.59 Å². The smallest absolute Gasteiger partial charge is 0.257 e. The van der Waals surface area contributed by atoms with Crippen LogP contribution in [0, 0.1) is 0 Å². The SMILES string of the molecule is CN(C)C(=O)c1ccccc1NC(=O)c1cnc2c(cnn2Cc2ccccc2)c1. The molecule has 2 aromatic carbocycles. The summed E-state index contributed by atoms with van der Waals surface area (Å²) in [6.07, 6.45) is 3.22. The minimum absolute atomic E-state index is 0.179. The van der Waals surface area contributed by atoms with Gasteiger partial charge in [0.15, 0.2) is 5.65 Å². The summed E-state index contributed by atoms with van der Waals surface area (Å²) in [6.45, 7) is 0.600. The van der Waals surface area contributed by atoms with E-state index in [0.29, 0.717) is 29.0 Å². The summed E-state index contributed by atoms with van der Waals surface area (Å²) in [5, 5.41) is 8.00. The normalized spacial score (nSPS) is 10.7. The third-order valence-electron chi connectivity index (χ3n) is 4.73. The Labute approximate surface area is 174 Å². The number of pyridine rings is 1. The number of carbonyl (C=O) groups excluding carboxylic acids is 2. The summed E-state index contributed by atoms with van der Waals surface area (Å²) < 4.78 is 1.80. The minimum atomic E-state index is -0.334. The van der Waals surface area contributed by atoms with Crippen molar-refractivity contribution in [2.45, 2.75) is 6.54 Å². The van der Waals surface area contributed by atoms with Crippen LogP contribution in [-0.2, 0) is 6.54 Å². The van der Waals surface area contributed by atoms with E-state index >= 15 is 0 Å². The van der Waals surface area contributed by atoms with Gasteiger partial charge in [-0.05, 0) is 23.8 Å². The van der Waals surface area contributed by atoms with Gasteiger partial charge in [0.25, 0.3) is 11.8 Å². The van der Waals surface area contributed by atoms with Crippen LogP contribution in [0.4, 0.5) is 5.69 Å². The molecule has 0 aliphatic heterocycles. The first-order valence-electron chi connectivity index (χ1n) is 9.50. The third kappa shape index (κ3) is 3.91. The van der Waals surface area contributed by atoms with Crippen molar-refractivity contribution >= 4 is 28.5 Å². The fourth-order valence-corrected chi connectivity index (χ4v) is 3.18. The Morgan fingerprint density at radius 1 is 1.00 bits per heavy atom. The molecule has 2 amide bonds. The average molecular weight is 399 g/mol. The van der Waals surface area contributed by atoms with E-state index in [1.165, 1.54) is 11.1 Å². The first kappa shape index (κ1) is 19.3. The lowest BCUT2D eigenvalue weighted by molar-refractivity contribution is 0.0828. The van der Waals surface area contributed by atoms with Crippen LogP contribution < -0.4 is 5.32 Å². The third-order valence-corrected chi connectivity index (χ3v) is 4.73. The molecule has 0 radical (unpaired) electrons. The summed E-state index contributed by atoms with van der Waals surface area (Å²) in [5.74, 6) is -0.513. The van der Waals surface area contributed by atoms with Gasteiger partial charge in [-0.2, -0.15) is 5.10 Å². The number of hydrogen-bond acceptors (Lipinski definition) is 4. The van der Waals surface area contributed by atoms with Gasteiger partial charge < -0.3 is 10.2 Å². The van der Waals surface area contributed by atoms with Crippen molar-refractivity contribution in [3.8, 4) is 0 Å². The van der Waals surface area contributed by atoms with Crippen LogP contribution in [0.2, 0.25) is 0 Å². The maximum atomic E-state index is 12.8. The number of rotatable bonds is 5. The quantitative estimate of drug-likeness (QED) is 0.558. The van der Waals surface area contributed by atoms with Crippen molar-refractivity contribution in [2.75, 3.05) is 19.4 Å². The Balaban J connectivity index is 1.57. The van der Waals surface area contributed by atoms with E-state index in [2.05, 4.69) is 15.4 Å². The lowest BCUT2D eigenvalue weighted by atomic mass is 10.1. The second-order valence-electron chi connectivity index (χ2n) is 7.12. The first-order valence-corrected chi connectivity index (χ1v) is 9.50. The summed E-state index contributed by atoms with van der Waals surface area (Å²) >= 11 is 0. The lowest BCUT2D eigenvalue weighted by Gasteiger charge is -2.14. The fraction of sp³-hybridized carbons (Fsp3) is 0.130. The molecule has 7 nitrogen and oxygen atoms in total. The number of aromatic nitrogens is 3. The fourth-order valence-electron chi connectivity index (χ4n) is 3.18. The zero-order valence-corrected chi connectivity index (χ0v) is 16.7. The van der Waals surface area contributed by atoms with Crippen molar-refractivity contribution in [3.05, 3.63) is 89.7 Å². The molecule has 0 spiro atoms. The summed E-state index contributed by atoms with van der Waals surface area (Å²) in [5.41, 5.74) is 3.11. The van der Waals surface area contributed by atoms with Gasteiger partial charge in [0, 0.05) is 25.7 Å². The van der Waals surface area contributed by atoms with Crippen molar-refractivity contribution in [3.63, 3.8) is 0 Å². The molecule has 4 rings (SSSR count). The van der Waals surface area contributed by atoms with E-state index in [-0.39, 0.29) is 11.8 Å². The van der Waals surface area contributed by atoms with E-state index in [1.54, 1.807) is 55.3 Å². The van der Waals surface area contributed by atoms with E-state index in [9.17, 15) is 9.59 Å². The van der Waals surface area contributed by atoms with Crippen molar-refractivity contribution < 1.29 is 9.59 Å². The second-order valence-corrected chi connectivity index (χ2v) is 7.12. The zero-order chi connectivity index (χ0) is 21.1. The number of benzene rings is 2. The second kappa shape index (κ2) is 8.16. The molecule has 0 fully saturated rings. The van der Waals surface area contributed by atoms with E-state index < -0.39 is 0 Å². The molecular weight excluding hydrogens is 378 g/mol. The number of nitrogens with one attached hydrogen (secondary N) is 1. The monoisotopic (exact) mass is 399 g/mol. The van der Waals surface area contributed by atoms with Gasteiger partial charge in [-0.15, -0.1) is 0 Å². The minimum Gasteiger partial charge on any atom is -0.345 e. The molecule has 30 heavy (non-hydrogen) atoms. The highest BCUT2D eigenvalue weighted by atomic mass is 16.2. The Morgan fingerprint density at radius 2 is 1.73 bits per heavy atom. The predicted octanol–water partition coefficient (Wildman–Crippen LogP) is 3.43. The molecule has 0 saturated carbocycles. The topological polar surface area (TPSA) is 80.1 Å². The molecule has 2 aromatic heterocycles. The molecule has 1 N–H and O–H groups in total. The summed E-state index contributed by atoms with van der Waals surface area (Å²) in [7, 11) is 3.35. The number of nitrogens with zero attached hydrogens (tertiary/aromatic N) is 4. The van der Waals surface area contributed by atoms with Gasteiger partial charge in [0.2, 0.25) is 0 Å². The number of hydrogen-bond donors (Lipinski definition) is 1. The zero-order valence-electron chi connectivity index (χ0n) is 16.7. The molecule has 0 atom stereocenters. The van der Waals surface area contributed by atoms with E-state index in [4.69, 9.17) is 0 Å². The number of anilines is 1. The van der Waals surface area contributed by atoms with Crippen molar-refractivity contribution in [1.82, 2.24) is 19.7 Å². The lowest BCUT2D eigenvalue weighted by Crippen LogP contribution is -2.24. The molecular formula is C23H21N5O2. The van der Waals surface area contributed by atoms with Gasteiger partial charge in [-0.25, -0.2) is 9.67 Å². The highest BCUT2D eigenvalue weighted by Gasteiger charge is 2.16. The van der Waals surface area contributed by atoms with Gasteiger partial charge in [-0.1, -0.05) is 42.5 Å². The Kier molecular flexibility index (Phi) is 5.26. The molecule has 4 aromatic rings. The largest absolute Gasteiger partial charge is 0.345 e. The van der Waals surface area contributed by atoms with Crippen LogP contribution >= 0.6 is 0 Å².